The molecule has 1 aliphatic heterocycles. The molecule has 0 saturated carbocycles. The third-order valence-electron chi connectivity index (χ3n) is 11.8. The molecule has 0 fully saturated rings. The zero-order valence-electron chi connectivity index (χ0n) is 35.4. The molecule has 8 rings (SSSR count). The van der Waals surface area contributed by atoms with Crippen molar-refractivity contribution in [2.45, 2.75) is 64.1 Å². The average molecular weight is 828 g/mol. The first-order valence-electron chi connectivity index (χ1n) is 21.1. The van der Waals surface area contributed by atoms with Gasteiger partial charge in [-0.2, -0.15) is 0 Å². The topological polar surface area (TPSA) is 134 Å². The largest absolute Gasteiger partial charge is 0.467 e. The highest BCUT2D eigenvalue weighted by Gasteiger charge is 2.59. The first-order chi connectivity index (χ1) is 30.3. The number of hydrogen-bond acceptors (Lipinski definition) is 9. The summed E-state index contributed by atoms with van der Waals surface area (Å²) in [6.07, 6.45) is 1.84. The van der Waals surface area contributed by atoms with Crippen LogP contribution in [0.4, 0.5) is 4.79 Å². The zero-order valence-corrected chi connectivity index (χ0v) is 35.4. The Morgan fingerprint density at radius 1 is 0.774 bits per heavy atom. The Morgan fingerprint density at radius 2 is 1.37 bits per heavy atom. The number of carbonyl (C=O) groups is 3. The molecule has 0 aliphatic carbocycles. The van der Waals surface area contributed by atoms with E-state index in [1.54, 1.807) is 6.92 Å². The van der Waals surface area contributed by atoms with Gasteiger partial charge in [0.2, 0.25) is 5.54 Å². The van der Waals surface area contributed by atoms with Crippen LogP contribution in [0.2, 0.25) is 0 Å². The molecule has 0 saturated heterocycles. The first-order valence-corrected chi connectivity index (χ1v) is 21.1. The van der Waals surface area contributed by atoms with Crippen molar-refractivity contribution in [1.82, 2.24) is 34.7 Å². The fourth-order valence-electron chi connectivity index (χ4n) is 9.04. The third kappa shape index (κ3) is 7.04. The monoisotopic (exact) mass is 827 g/mol. The number of unbranched alkanes of at least 4 members (excludes halogenated alkanes) is 1. The van der Waals surface area contributed by atoms with Gasteiger partial charge in [0.25, 0.3) is 0 Å². The van der Waals surface area contributed by atoms with Crippen LogP contribution in [0.5, 0.6) is 0 Å². The minimum Gasteiger partial charge on any atom is -0.467 e. The van der Waals surface area contributed by atoms with E-state index in [9.17, 15) is 14.4 Å². The third-order valence-corrected chi connectivity index (χ3v) is 11.8. The second-order valence-corrected chi connectivity index (χ2v) is 15.3. The predicted molar refractivity (Wildman–Crippen MR) is 235 cm³/mol. The number of ketones is 1. The number of aromatic nitrogens is 6. The summed E-state index contributed by atoms with van der Waals surface area (Å²) in [6.45, 7) is 5.42. The SMILES string of the molecule is CCCCc1nc2c(n1Cc1ccc(-c3ccccc3)c(-c3nnnn3C(c3ccccc3)(c3ccccc3)c3ccccc3)c1)C(C(C)=O)(C(=O)OC)N(C(=O)OCC)CC2. The average Bonchev–Trinajstić information content (AvgIpc) is 3.94. The molecule has 1 atom stereocenters. The molecule has 3 heterocycles. The minimum absolute atomic E-state index is 0.0509. The molecule has 0 bridgehead atoms. The van der Waals surface area contributed by atoms with Crippen LogP contribution >= 0.6 is 0 Å². The van der Waals surface area contributed by atoms with Crippen molar-refractivity contribution in [2.24, 2.45) is 0 Å². The second kappa shape index (κ2) is 17.8. The standard InChI is InChI=1S/C50H49N7O5/c1-5-7-28-44-51-43-31-32-56(48(60)62-6-2)49(35(3)58,47(59)61-4)45(43)55(44)34-36-29-30-41(37-20-12-8-13-21-37)42(33-36)46-52-53-54-57(46)50(38-22-14-9-15-23-38,39-24-16-10-17-25-39)40-26-18-11-19-27-40/h8-27,29-30,33H,5-7,28,31-32,34H2,1-4H3. The van der Waals surface area contributed by atoms with Gasteiger partial charge in [-0.15, -0.1) is 5.10 Å². The highest BCUT2D eigenvalue weighted by molar-refractivity contribution is 6.10. The summed E-state index contributed by atoms with van der Waals surface area (Å²) in [5.41, 5.74) is 4.08. The lowest BCUT2D eigenvalue weighted by Crippen LogP contribution is -2.63. The minimum atomic E-state index is -2.12. The number of nitrogens with zero attached hydrogens (tertiary/aromatic N) is 7. The van der Waals surface area contributed by atoms with Crippen LogP contribution in [0, 0.1) is 0 Å². The van der Waals surface area contributed by atoms with Crippen LogP contribution in [0.25, 0.3) is 22.5 Å². The van der Waals surface area contributed by atoms with Crippen molar-refractivity contribution in [3.63, 3.8) is 0 Å². The molecule has 5 aromatic carbocycles. The van der Waals surface area contributed by atoms with Crippen LogP contribution in [0.1, 0.15) is 73.1 Å². The molecule has 62 heavy (non-hydrogen) atoms. The van der Waals surface area contributed by atoms with Gasteiger partial charge in [0.05, 0.1) is 25.1 Å². The highest BCUT2D eigenvalue weighted by Crippen LogP contribution is 2.44. The van der Waals surface area contributed by atoms with Crippen LogP contribution in [-0.2, 0) is 49.5 Å². The van der Waals surface area contributed by atoms with Crippen LogP contribution < -0.4 is 0 Å². The van der Waals surface area contributed by atoms with E-state index in [0.29, 0.717) is 35.9 Å². The van der Waals surface area contributed by atoms with Gasteiger partial charge in [0.1, 0.15) is 11.4 Å². The van der Waals surface area contributed by atoms with E-state index >= 15 is 0 Å². The van der Waals surface area contributed by atoms with Gasteiger partial charge in [-0.05, 0) is 70.1 Å². The number of aryl methyl sites for hydroxylation is 1. The molecule has 314 valence electrons. The van der Waals surface area contributed by atoms with E-state index in [4.69, 9.17) is 24.8 Å². The summed E-state index contributed by atoms with van der Waals surface area (Å²) in [5, 5.41) is 14.1. The Kier molecular flexibility index (Phi) is 11.9. The van der Waals surface area contributed by atoms with E-state index in [2.05, 4.69) is 72.8 Å². The van der Waals surface area contributed by atoms with Crippen molar-refractivity contribution in [1.29, 1.82) is 0 Å². The zero-order chi connectivity index (χ0) is 43.3. The molecule has 1 aliphatic rings. The maximum atomic E-state index is 14.2. The van der Waals surface area contributed by atoms with Crippen LogP contribution in [0.15, 0.2) is 140 Å². The van der Waals surface area contributed by atoms with Gasteiger partial charge in [0.15, 0.2) is 11.6 Å². The summed E-state index contributed by atoms with van der Waals surface area (Å²) in [6, 6.07) is 47.0. The summed E-state index contributed by atoms with van der Waals surface area (Å²) in [4.78, 5) is 48.2. The number of fused-ring (bicyclic) bond motifs is 1. The molecule has 12 heteroatoms. The summed E-state index contributed by atoms with van der Waals surface area (Å²) in [5.74, 6) is -0.227. The molecule has 0 radical (unpaired) electrons. The molecule has 0 N–H and O–H groups in total. The van der Waals surface area contributed by atoms with E-state index in [0.717, 1.165) is 51.8 Å². The summed E-state index contributed by atoms with van der Waals surface area (Å²) in [7, 11) is 1.22. The van der Waals surface area contributed by atoms with Crippen molar-refractivity contribution >= 4 is 17.8 Å². The fraction of sp³-hybridized carbons (Fsp3) is 0.260. The number of carbonyl (C=O) groups excluding carboxylic acids is 3. The predicted octanol–water partition coefficient (Wildman–Crippen LogP) is 8.41. The maximum Gasteiger partial charge on any atom is 0.411 e. The number of hydrogen-bond donors (Lipinski definition) is 0. The van der Waals surface area contributed by atoms with Crippen molar-refractivity contribution in [2.75, 3.05) is 20.3 Å². The Balaban J connectivity index is 1.38. The van der Waals surface area contributed by atoms with Gasteiger partial charge in [-0.1, -0.05) is 147 Å². The van der Waals surface area contributed by atoms with E-state index < -0.39 is 28.9 Å². The van der Waals surface area contributed by atoms with Crippen LogP contribution in [-0.4, -0.2) is 72.8 Å². The van der Waals surface area contributed by atoms with E-state index in [1.807, 2.05) is 88.1 Å². The van der Waals surface area contributed by atoms with Gasteiger partial charge in [-0.3, -0.25) is 9.69 Å². The lowest BCUT2D eigenvalue weighted by atomic mass is 9.77. The van der Waals surface area contributed by atoms with Gasteiger partial charge >= 0.3 is 12.1 Å². The van der Waals surface area contributed by atoms with E-state index in [1.165, 1.54) is 18.9 Å². The molecule has 1 amide bonds. The summed E-state index contributed by atoms with van der Waals surface area (Å²) >= 11 is 0. The molecule has 12 nitrogen and oxygen atoms in total. The quantitative estimate of drug-likeness (QED) is 0.0602. The number of esters is 1. The number of amides is 1. The lowest BCUT2D eigenvalue weighted by Gasteiger charge is -2.42. The molecule has 2 aromatic heterocycles. The van der Waals surface area contributed by atoms with Crippen molar-refractivity contribution in [3.05, 3.63) is 179 Å². The van der Waals surface area contributed by atoms with Crippen molar-refractivity contribution < 1.29 is 23.9 Å². The number of tetrazole rings is 1. The number of Topliss-reactive ketones (excluding diaryl/α,β-unsaturated/α-hetero) is 1. The van der Waals surface area contributed by atoms with Gasteiger partial charge in [-0.25, -0.2) is 19.3 Å². The Morgan fingerprint density at radius 3 is 1.92 bits per heavy atom. The van der Waals surface area contributed by atoms with Gasteiger partial charge in [0, 0.05) is 31.5 Å². The number of rotatable bonds is 14. The smallest absolute Gasteiger partial charge is 0.411 e. The van der Waals surface area contributed by atoms with Gasteiger partial charge < -0.3 is 14.0 Å². The van der Waals surface area contributed by atoms with E-state index in [-0.39, 0.29) is 19.7 Å². The molecular weight excluding hydrogens is 779 g/mol. The number of ether oxygens (including phenoxy) is 2. The molecule has 0 spiro atoms. The van der Waals surface area contributed by atoms with Crippen molar-refractivity contribution in [3.8, 4) is 22.5 Å². The van der Waals surface area contributed by atoms with Crippen LogP contribution in [0.3, 0.4) is 0 Å². The Bertz CT molecular complexity index is 2590. The lowest BCUT2D eigenvalue weighted by molar-refractivity contribution is -0.161. The molecular formula is C50H49N7O5. The first kappa shape index (κ1) is 41.5. The fourth-order valence-corrected chi connectivity index (χ4v) is 9.04. The number of imidazole rings is 1. The maximum absolute atomic E-state index is 14.2. The second-order valence-electron chi connectivity index (χ2n) is 15.3. The normalized spacial score (nSPS) is 14.9. The Hall–Kier alpha value is -7.21. The molecule has 7 aromatic rings. The number of methoxy groups -OCH3 is 1. The molecule has 1 unspecified atom stereocenters. The summed E-state index contributed by atoms with van der Waals surface area (Å²) < 4.78 is 14.7. The number of benzene rings is 5. The highest BCUT2D eigenvalue weighted by atomic mass is 16.6. The Labute approximate surface area is 361 Å².